The van der Waals surface area contributed by atoms with Gasteiger partial charge in [0.25, 0.3) is 5.69 Å². The summed E-state index contributed by atoms with van der Waals surface area (Å²) in [5, 5.41) is 29.4. The minimum Gasteiger partial charge on any atom is -0.481 e. The van der Waals surface area contributed by atoms with E-state index in [1.807, 2.05) is 0 Å². The lowest BCUT2D eigenvalue weighted by atomic mass is 9.64. The van der Waals surface area contributed by atoms with E-state index in [9.17, 15) is 42.7 Å². The highest BCUT2D eigenvalue weighted by Gasteiger charge is 2.47. The first-order valence-electron chi connectivity index (χ1n) is 10.4. The van der Waals surface area contributed by atoms with Crippen LogP contribution in [0.1, 0.15) is 12.5 Å². The van der Waals surface area contributed by atoms with Crippen molar-refractivity contribution in [2.24, 2.45) is 5.92 Å². The lowest BCUT2D eigenvalue weighted by Gasteiger charge is -2.37. The highest BCUT2D eigenvalue weighted by Crippen LogP contribution is 2.44. The summed E-state index contributed by atoms with van der Waals surface area (Å²) in [5.74, 6) is -4.29. The van der Waals surface area contributed by atoms with Crippen LogP contribution in [0.15, 0.2) is 75.6 Å². The Morgan fingerprint density at radius 3 is 2.39 bits per heavy atom. The van der Waals surface area contributed by atoms with Crippen LogP contribution in [-0.2, 0) is 25.0 Å². The SMILES string of the molecule is CC1(c2cc(Br)ccc2F)C(C(=O)O)=CC=C[C@H]1C(=O)O.O=[N+]([O-])c1ccccc1S(=O)(=O)N1CC1. The van der Waals surface area contributed by atoms with Gasteiger partial charge in [0, 0.05) is 40.2 Å². The number of aliphatic carboxylic acids is 2. The Morgan fingerprint density at radius 1 is 1.19 bits per heavy atom. The average Bonchev–Trinajstić information content (AvgIpc) is 3.67. The van der Waals surface area contributed by atoms with Crippen molar-refractivity contribution in [2.75, 3.05) is 13.1 Å². The molecular weight excluding hydrogens is 563 g/mol. The highest BCUT2D eigenvalue weighted by molar-refractivity contribution is 9.10. The van der Waals surface area contributed by atoms with Gasteiger partial charge in [-0.05, 0) is 31.2 Å². The molecule has 1 saturated heterocycles. The van der Waals surface area contributed by atoms with Gasteiger partial charge >= 0.3 is 11.9 Å². The molecule has 0 aromatic heterocycles. The molecule has 13 heteroatoms. The van der Waals surface area contributed by atoms with E-state index in [0.29, 0.717) is 17.6 Å². The third-order valence-corrected chi connectivity index (χ3v) is 8.26. The van der Waals surface area contributed by atoms with E-state index in [2.05, 4.69) is 15.9 Å². The summed E-state index contributed by atoms with van der Waals surface area (Å²) in [6, 6.07) is 9.44. The molecule has 10 nitrogen and oxygen atoms in total. The second kappa shape index (κ2) is 10.3. The Balaban J connectivity index is 0.000000212. The fraction of sp³-hybridized carbons (Fsp3) is 0.217. The minimum atomic E-state index is -3.65. The predicted octanol–water partition coefficient (Wildman–Crippen LogP) is 3.73. The van der Waals surface area contributed by atoms with Crippen molar-refractivity contribution in [3.05, 3.63) is 92.2 Å². The van der Waals surface area contributed by atoms with Gasteiger partial charge in [-0.3, -0.25) is 14.9 Å². The number of benzene rings is 2. The third kappa shape index (κ3) is 5.22. The van der Waals surface area contributed by atoms with Crippen LogP contribution in [-0.4, -0.2) is 52.9 Å². The number of hydrogen-bond donors (Lipinski definition) is 2. The molecular formula is C23H20BrFN2O8S. The highest BCUT2D eigenvalue weighted by atomic mass is 79.9. The number of halogens is 2. The topological polar surface area (TPSA) is 155 Å². The van der Waals surface area contributed by atoms with Crippen molar-refractivity contribution in [3.8, 4) is 0 Å². The number of carboxylic acids is 2. The minimum absolute atomic E-state index is 0.0299. The van der Waals surface area contributed by atoms with Crippen LogP contribution >= 0.6 is 15.9 Å². The van der Waals surface area contributed by atoms with Crippen LogP contribution in [0.4, 0.5) is 10.1 Å². The van der Waals surface area contributed by atoms with Crippen LogP contribution in [0.2, 0.25) is 0 Å². The number of hydrogen-bond acceptors (Lipinski definition) is 6. The Hall–Kier alpha value is -3.42. The molecule has 2 aromatic carbocycles. The maximum Gasteiger partial charge on any atom is 0.332 e. The van der Waals surface area contributed by atoms with Crippen LogP contribution in [0.3, 0.4) is 0 Å². The first-order chi connectivity index (χ1) is 16.8. The van der Waals surface area contributed by atoms with Gasteiger partial charge in [0.1, 0.15) is 5.82 Å². The van der Waals surface area contributed by atoms with Crippen molar-refractivity contribution in [3.63, 3.8) is 0 Å². The summed E-state index contributed by atoms with van der Waals surface area (Å²) in [5.41, 5.74) is -2.00. The molecule has 36 heavy (non-hydrogen) atoms. The molecule has 2 N–H and O–H groups in total. The summed E-state index contributed by atoms with van der Waals surface area (Å²) in [6.07, 6.45) is 4.05. The monoisotopic (exact) mass is 582 g/mol. The Kier molecular flexibility index (Phi) is 7.76. The Bertz CT molecular complexity index is 1400. The quantitative estimate of drug-likeness (QED) is 0.296. The number of nitrogens with zero attached hydrogens (tertiary/aromatic N) is 2. The van der Waals surface area contributed by atoms with E-state index < -0.39 is 44.0 Å². The number of carbonyl (C=O) groups is 2. The molecule has 1 unspecified atom stereocenters. The lowest BCUT2D eigenvalue weighted by Crippen LogP contribution is -2.42. The molecule has 2 atom stereocenters. The molecule has 4 rings (SSSR count). The van der Waals surface area contributed by atoms with Gasteiger partial charge in [-0.25, -0.2) is 17.6 Å². The van der Waals surface area contributed by atoms with Crippen molar-refractivity contribution < 1.29 is 37.5 Å². The predicted molar refractivity (Wildman–Crippen MR) is 129 cm³/mol. The largest absolute Gasteiger partial charge is 0.481 e. The van der Waals surface area contributed by atoms with E-state index in [0.717, 1.165) is 0 Å². The van der Waals surface area contributed by atoms with Gasteiger partial charge < -0.3 is 10.2 Å². The molecule has 190 valence electrons. The van der Waals surface area contributed by atoms with E-state index in [4.69, 9.17) is 0 Å². The Morgan fingerprint density at radius 2 is 1.83 bits per heavy atom. The maximum absolute atomic E-state index is 14.2. The zero-order chi connectivity index (χ0) is 26.8. The molecule has 0 bridgehead atoms. The molecule has 1 aliphatic heterocycles. The normalized spacial score (nSPS) is 21.1. The molecule has 0 radical (unpaired) electrons. The summed E-state index contributed by atoms with van der Waals surface area (Å²) in [7, 11) is -3.65. The second-order valence-electron chi connectivity index (χ2n) is 8.04. The molecule has 1 heterocycles. The first kappa shape index (κ1) is 27.2. The van der Waals surface area contributed by atoms with Gasteiger partial charge in [-0.15, -0.1) is 0 Å². The van der Waals surface area contributed by atoms with Crippen LogP contribution in [0.5, 0.6) is 0 Å². The van der Waals surface area contributed by atoms with E-state index in [-0.39, 0.29) is 21.7 Å². The summed E-state index contributed by atoms with van der Waals surface area (Å²) in [6.45, 7) is 2.31. The smallest absolute Gasteiger partial charge is 0.332 e. The summed E-state index contributed by atoms with van der Waals surface area (Å²) < 4.78 is 39.4. The second-order valence-corrected chi connectivity index (χ2v) is 10.9. The third-order valence-electron chi connectivity index (χ3n) is 5.82. The van der Waals surface area contributed by atoms with Gasteiger partial charge in [0.05, 0.1) is 10.8 Å². The molecule has 1 aliphatic carbocycles. The molecule has 2 aliphatic rings. The fourth-order valence-corrected chi connectivity index (χ4v) is 5.73. The number of nitro groups is 1. The van der Waals surface area contributed by atoms with E-state index in [1.54, 1.807) is 0 Å². The van der Waals surface area contributed by atoms with Gasteiger partial charge in [0.2, 0.25) is 10.0 Å². The summed E-state index contributed by atoms with van der Waals surface area (Å²) in [4.78, 5) is 32.7. The number of nitro benzene ring substituents is 1. The maximum atomic E-state index is 14.2. The lowest BCUT2D eigenvalue weighted by molar-refractivity contribution is -0.387. The van der Waals surface area contributed by atoms with Gasteiger partial charge in [-0.1, -0.05) is 46.3 Å². The fourth-order valence-electron chi connectivity index (χ4n) is 3.87. The first-order valence-corrected chi connectivity index (χ1v) is 12.6. The number of allylic oxidation sites excluding steroid dienone is 2. The average molecular weight is 583 g/mol. The number of rotatable bonds is 6. The van der Waals surface area contributed by atoms with E-state index >= 15 is 0 Å². The molecule has 0 amide bonds. The number of carboxylic acid groups (broad SMARTS) is 2. The number of sulfonamides is 1. The van der Waals surface area contributed by atoms with Crippen LogP contribution in [0, 0.1) is 21.8 Å². The molecule has 0 spiro atoms. The van der Waals surface area contributed by atoms with E-state index in [1.165, 1.54) is 71.9 Å². The number of para-hydroxylation sites is 1. The van der Waals surface area contributed by atoms with Crippen molar-refractivity contribution in [1.82, 2.24) is 4.31 Å². The zero-order valence-corrected chi connectivity index (χ0v) is 21.1. The van der Waals surface area contributed by atoms with Crippen molar-refractivity contribution in [1.29, 1.82) is 0 Å². The van der Waals surface area contributed by atoms with Crippen LogP contribution < -0.4 is 0 Å². The van der Waals surface area contributed by atoms with Gasteiger partial charge in [0.15, 0.2) is 4.90 Å². The van der Waals surface area contributed by atoms with Gasteiger partial charge in [-0.2, -0.15) is 4.31 Å². The molecule has 2 aromatic rings. The zero-order valence-electron chi connectivity index (χ0n) is 18.7. The van der Waals surface area contributed by atoms with Crippen LogP contribution in [0.25, 0.3) is 0 Å². The standard InChI is InChI=1S/C15H12BrFO4.C8H8N2O4S/c1-15(11-7-8(16)5-6-12(11)17)9(13(18)19)3-2-4-10(15)14(20)21;11-10(12)7-3-1-2-4-8(7)15(13,14)9-5-6-9/h2-7,9H,1H3,(H,18,19)(H,20,21);1-4H,5-6H2/t9-,15?;/m0./s1. The summed E-state index contributed by atoms with van der Waals surface area (Å²) >= 11 is 3.20. The molecule has 0 saturated carbocycles. The Labute approximate surface area is 213 Å². The molecule has 1 fully saturated rings. The van der Waals surface area contributed by atoms with Crippen molar-refractivity contribution >= 4 is 43.6 Å². The van der Waals surface area contributed by atoms with Crippen molar-refractivity contribution in [2.45, 2.75) is 17.2 Å².